The highest BCUT2D eigenvalue weighted by atomic mass is 35.5. The smallest absolute Gasteiger partial charge is 0.271 e. The first-order valence-corrected chi connectivity index (χ1v) is 5.70. The minimum Gasteiger partial charge on any atom is -0.325 e. The van der Waals surface area contributed by atoms with Crippen LogP contribution in [0.25, 0.3) is 0 Å². The first kappa shape index (κ1) is 11.9. The van der Waals surface area contributed by atoms with Crippen molar-refractivity contribution in [2.45, 2.75) is 19.3 Å². The summed E-state index contributed by atoms with van der Waals surface area (Å²) in [6.45, 7) is 0. The molecule has 5 nitrogen and oxygen atoms in total. The Hall–Kier alpha value is -1.62. The van der Waals surface area contributed by atoms with Crippen LogP contribution in [0.1, 0.15) is 19.3 Å². The van der Waals surface area contributed by atoms with E-state index in [1.807, 2.05) is 0 Å². The standard InChI is InChI=1S/C11H11ClN2O3/c12-9-6-8(14(16)17)4-5-10(9)13-11(15)7-2-1-3-7/h4-7H,1-3H2,(H,13,15). The maximum absolute atomic E-state index is 11.7. The second-order valence-electron chi connectivity index (χ2n) is 4.04. The lowest BCUT2D eigenvalue weighted by molar-refractivity contribution is -0.384. The maximum Gasteiger partial charge on any atom is 0.271 e. The molecule has 0 aromatic heterocycles. The molecule has 1 amide bonds. The Kier molecular flexibility index (Phi) is 3.28. The molecule has 1 fully saturated rings. The van der Waals surface area contributed by atoms with Crippen LogP contribution in [0.15, 0.2) is 18.2 Å². The van der Waals surface area contributed by atoms with Gasteiger partial charge in [0, 0.05) is 18.1 Å². The zero-order valence-corrected chi connectivity index (χ0v) is 9.74. The quantitative estimate of drug-likeness (QED) is 0.666. The second kappa shape index (κ2) is 4.71. The third-order valence-electron chi connectivity index (χ3n) is 2.90. The SMILES string of the molecule is O=C(Nc1ccc([N+](=O)[O-])cc1Cl)C1CCC1. The Morgan fingerprint density at radius 3 is 2.65 bits per heavy atom. The molecule has 2 rings (SSSR count). The number of hydrogen-bond acceptors (Lipinski definition) is 3. The molecule has 1 aromatic rings. The summed E-state index contributed by atoms with van der Waals surface area (Å²) < 4.78 is 0. The average molecular weight is 255 g/mol. The Balaban J connectivity index is 2.10. The molecule has 90 valence electrons. The number of hydrogen-bond donors (Lipinski definition) is 1. The Bertz CT molecular complexity index is 472. The van der Waals surface area contributed by atoms with Gasteiger partial charge in [-0.2, -0.15) is 0 Å². The van der Waals surface area contributed by atoms with Crippen LogP contribution in [0.4, 0.5) is 11.4 Å². The van der Waals surface area contributed by atoms with Gasteiger partial charge in [0.25, 0.3) is 5.69 Å². The molecule has 0 aliphatic heterocycles. The lowest BCUT2D eigenvalue weighted by Gasteiger charge is -2.24. The minimum atomic E-state index is -0.524. The lowest BCUT2D eigenvalue weighted by atomic mass is 9.85. The Morgan fingerprint density at radius 1 is 1.47 bits per heavy atom. The van der Waals surface area contributed by atoms with Gasteiger partial charge in [-0.15, -0.1) is 0 Å². The van der Waals surface area contributed by atoms with Gasteiger partial charge in [-0.05, 0) is 18.9 Å². The van der Waals surface area contributed by atoms with Gasteiger partial charge in [0.05, 0.1) is 15.6 Å². The molecule has 0 unspecified atom stereocenters. The Labute approximate surface area is 103 Å². The van der Waals surface area contributed by atoms with Crippen LogP contribution < -0.4 is 5.32 Å². The van der Waals surface area contributed by atoms with E-state index in [0.29, 0.717) is 5.69 Å². The molecular formula is C11H11ClN2O3. The number of rotatable bonds is 3. The fourth-order valence-electron chi connectivity index (χ4n) is 1.62. The normalized spacial score (nSPS) is 15.1. The number of carbonyl (C=O) groups is 1. The lowest BCUT2D eigenvalue weighted by Crippen LogP contribution is -2.28. The molecule has 6 heteroatoms. The summed E-state index contributed by atoms with van der Waals surface area (Å²) >= 11 is 5.86. The Morgan fingerprint density at radius 2 is 2.18 bits per heavy atom. The molecule has 1 aliphatic carbocycles. The van der Waals surface area contributed by atoms with Crippen LogP contribution in [0.2, 0.25) is 5.02 Å². The van der Waals surface area contributed by atoms with Crippen molar-refractivity contribution in [1.82, 2.24) is 0 Å². The molecule has 17 heavy (non-hydrogen) atoms. The van der Waals surface area contributed by atoms with E-state index in [0.717, 1.165) is 19.3 Å². The van der Waals surface area contributed by atoms with Crippen molar-refractivity contribution >= 4 is 28.9 Å². The number of anilines is 1. The van der Waals surface area contributed by atoms with Crippen LogP contribution in [-0.4, -0.2) is 10.8 Å². The predicted octanol–water partition coefficient (Wildman–Crippen LogP) is 2.99. The molecule has 0 heterocycles. The summed E-state index contributed by atoms with van der Waals surface area (Å²) in [6, 6.07) is 4.01. The van der Waals surface area contributed by atoms with Gasteiger partial charge in [-0.25, -0.2) is 0 Å². The van der Waals surface area contributed by atoms with Crippen molar-refractivity contribution in [3.63, 3.8) is 0 Å². The number of halogens is 1. The largest absolute Gasteiger partial charge is 0.325 e. The number of nitrogens with one attached hydrogen (secondary N) is 1. The van der Waals surface area contributed by atoms with Crippen LogP contribution in [0.3, 0.4) is 0 Å². The first-order valence-electron chi connectivity index (χ1n) is 5.33. The van der Waals surface area contributed by atoms with Crippen LogP contribution in [0, 0.1) is 16.0 Å². The van der Waals surface area contributed by atoms with Crippen LogP contribution in [-0.2, 0) is 4.79 Å². The topological polar surface area (TPSA) is 72.2 Å². The molecule has 1 N–H and O–H groups in total. The number of carbonyl (C=O) groups excluding carboxylic acids is 1. The number of non-ortho nitro benzene ring substituents is 1. The summed E-state index contributed by atoms with van der Waals surface area (Å²) in [4.78, 5) is 21.6. The van der Waals surface area contributed by atoms with E-state index in [1.165, 1.54) is 18.2 Å². The number of nitro benzene ring substituents is 1. The molecule has 0 saturated heterocycles. The van der Waals surface area contributed by atoms with E-state index in [-0.39, 0.29) is 22.5 Å². The van der Waals surface area contributed by atoms with Crippen LogP contribution in [0.5, 0.6) is 0 Å². The summed E-state index contributed by atoms with van der Waals surface area (Å²) in [7, 11) is 0. The summed E-state index contributed by atoms with van der Waals surface area (Å²) in [6.07, 6.45) is 2.87. The molecule has 0 radical (unpaired) electrons. The number of nitrogens with zero attached hydrogens (tertiary/aromatic N) is 1. The van der Waals surface area contributed by atoms with Crippen molar-refractivity contribution in [3.05, 3.63) is 33.3 Å². The summed E-state index contributed by atoms with van der Waals surface area (Å²) in [5.74, 6) is -0.00624. The molecule has 0 atom stereocenters. The first-order chi connectivity index (χ1) is 8.08. The number of benzene rings is 1. The molecule has 0 spiro atoms. The van der Waals surface area contributed by atoms with Crippen molar-refractivity contribution in [3.8, 4) is 0 Å². The fraction of sp³-hybridized carbons (Fsp3) is 0.364. The van der Waals surface area contributed by atoms with E-state index in [9.17, 15) is 14.9 Å². The number of amides is 1. The van der Waals surface area contributed by atoms with Crippen LogP contribution >= 0.6 is 11.6 Å². The van der Waals surface area contributed by atoms with Gasteiger partial charge in [-0.1, -0.05) is 18.0 Å². The fourth-order valence-corrected chi connectivity index (χ4v) is 1.85. The zero-order valence-electron chi connectivity index (χ0n) is 8.98. The van der Waals surface area contributed by atoms with Crippen molar-refractivity contribution in [2.75, 3.05) is 5.32 Å². The van der Waals surface area contributed by atoms with Gasteiger partial charge >= 0.3 is 0 Å². The summed E-state index contributed by atoms with van der Waals surface area (Å²) in [5, 5.41) is 13.4. The van der Waals surface area contributed by atoms with Crippen molar-refractivity contribution < 1.29 is 9.72 Å². The van der Waals surface area contributed by atoms with Crippen molar-refractivity contribution in [1.29, 1.82) is 0 Å². The highest BCUT2D eigenvalue weighted by molar-refractivity contribution is 6.34. The van der Waals surface area contributed by atoms with E-state index < -0.39 is 4.92 Å². The highest BCUT2D eigenvalue weighted by Crippen LogP contribution is 2.30. The zero-order chi connectivity index (χ0) is 12.4. The predicted molar refractivity (Wildman–Crippen MR) is 64.1 cm³/mol. The van der Waals surface area contributed by atoms with Gasteiger partial charge in [-0.3, -0.25) is 14.9 Å². The highest BCUT2D eigenvalue weighted by Gasteiger charge is 2.25. The molecule has 1 aromatic carbocycles. The van der Waals surface area contributed by atoms with Gasteiger partial charge in [0.15, 0.2) is 0 Å². The summed E-state index contributed by atoms with van der Waals surface area (Å²) in [5.41, 5.74) is 0.339. The molecular weight excluding hydrogens is 244 g/mol. The average Bonchev–Trinajstić information content (AvgIpc) is 2.18. The molecule has 1 aliphatic rings. The minimum absolute atomic E-state index is 0.0567. The maximum atomic E-state index is 11.7. The third-order valence-corrected chi connectivity index (χ3v) is 3.21. The molecule has 1 saturated carbocycles. The number of nitro groups is 1. The van der Waals surface area contributed by atoms with Gasteiger partial charge in [0.2, 0.25) is 5.91 Å². The second-order valence-corrected chi connectivity index (χ2v) is 4.45. The van der Waals surface area contributed by atoms with E-state index >= 15 is 0 Å². The van der Waals surface area contributed by atoms with E-state index in [4.69, 9.17) is 11.6 Å². The van der Waals surface area contributed by atoms with Gasteiger partial charge in [0.1, 0.15) is 0 Å². The van der Waals surface area contributed by atoms with E-state index in [1.54, 1.807) is 0 Å². The van der Waals surface area contributed by atoms with E-state index in [2.05, 4.69) is 5.32 Å². The van der Waals surface area contributed by atoms with Gasteiger partial charge < -0.3 is 5.32 Å². The molecule has 0 bridgehead atoms. The third kappa shape index (κ3) is 2.55. The van der Waals surface area contributed by atoms with Crippen molar-refractivity contribution in [2.24, 2.45) is 5.92 Å². The monoisotopic (exact) mass is 254 g/mol.